The summed E-state index contributed by atoms with van der Waals surface area (Å²) in [5.74, 6) is 0.789. The molecule has 1 saturated heterocycles. The Kier molecular flexibility index (Phi) is 5.38. The van der Waals surface area contributed by atoms with Gasteiger partial charge in [-0.1, -0.05) is 12.1 Å². The number of carbonyl (C=O) groups is 1. The standard InChI is InChI=1S/C15H22N2O3/c1-11-4-3-5-13(10-11)20-9-7-17-15(18)14-12(2)19-8-6-16-14/h3-5,10,12,14,16H,6-9H2,1-2H3,(H,17,18)/t12-,14+/m1/s1. The van der Waals surface area contributed by atoms with Crippen LogP contribution in [0.4, 0.5) is 0 Å². The Morgan fingerprint density at radius 1 is 1.55 bits per heavy atom. The molecule has 5 heteroatoms. The highest BCUT2D eigenvalue weighted by atomic mass is 16.5. The molecule has 110 valence electrons. The van der Waals surface area contributed by atoms with Crippen LogP contribution in [0.3, 0.4) is 0 Å². The third kappa shape index (κ3) is 4.21. The van der Waals surface area contributed by atoms with Crippen LogP contribution in [0, 0.1) is 6.92 Å². The van der Waals surface area contributed by atoms with Crippen LogP contribution in [0.5, 0.6) is 5.75 Å². The molecule has 0 radical (unpaired) electrons. The van der Waals surface area contributed by atoms with Gasteiger partial charge in [0.05, 0.1) is 19.3 Å². The molecule has 1 aliphatic heterocycles. The second-order valence-electron chi connectivity index (χ2n) is 4.96. The largest absolute Gasteiger partial charge is 0.492 e. The topological polar surface area (TPSA) is 59.6 Å². The molecule has 2 N–H and O–H groups in total. The van der Waals surface area contributed by atoms with Gasteiger partial charge in [-0.3, -0.25) is 4.79 Å². The van der Waals surface area contributed by atoms with E-state index in [4.69, 9.17) is 9.47 Å². The van der Waals surface area contributed by atoms with Gasteiger partial charge < -0.3 is 20.1 Å². The average Bonchev–Trinajstić information content (AvgIpc) is 2.44. The lowest BCUT2D eigenvalue weighted by Gasteiger charge is -2.29. The van der Waals surface area contributed by atoms with Gasteiger partial charge in [0.15, 0.2) is 0 Å². The lowest BCUT2D eigenvalue weighted by Crippen LogP contribution is -2.55. The highest BCUT2D eigenvalue weighted by molar-refractivity contribution is 5.82. The summed E-state index contributed by atoms with van der Waals surface area (Å²) in [7, 11) is 0. The summed E-state index contributed by atoms with van der Waals surface area (Å²) >= 11 is 0. The molecule has 2 atom stereocenters. The Hall–Kier alpha value is -1.59. The zero-order valence-corrected chi connectivity index (χ0v) is 12.0. The molecule has 0 aromatic heterocycles. The molecule has 1 aromatic rings. The third-order valence-electron chi connectivity index (χ3n) is 3.26. The highest BCUT2D eigenvalue weighted by Gasteiger charge is 2.27. The lowest BCUT2D eigenvalue weighted by molar-refractivity contribution is -0.129. The summed E-state index contributed by atoms with van der Waals surface area (Å²) < 4.78 is 11.0. The first-order valence-corrected chi connectivity index (χ1v) is 6.99. The summed E-state index contributed by atoms with van der Waals surface area (Å²) in [6.07, 6.45) is -0.0959. The van der Waals surface area contributed by atoms with Crippen LogP contribution >= 0.6 is 0 Å². The number of amides is 1. The fourth-order valence-electron chi connectivity index (χ4n) is 2.19. The van der Waals surface area contributed by atoms with Crippen molar-refractivity contribution in [2.75, 3.05) is 26.3 Å². The van der Waals surface area contributed by atoms with E-state index in [-0.39, 0.29) is 18.1 Å². The average molecular weight is 278 g/mol. The van der Waals surface area contributed by atoms with E-state index >= 15 is 0 Å². The number of ether oxygens (including phenoxy) is 2. The Labute approximate surface area is 119 Å². The molecule has 1 heterocycles. The van der Waals surface area contributed by atoms with Crippen LogP contribution < -0.4 is 15.4 Å². The van der Waals surface area contributed by atoms with Crippen molar-refractivity contribution in [1.82, 2.24) is 10.6 Å². The van der Waals surface area contributed by atoms with Gasteiger partial charge in [-0.25, -0.2) is 0 Å². The highest BCUT2D eigenvalue weighted by Crippen LogP contribution is 2.11. The van der Waals surface area contributed by atoms with Gasteiger partial charge >= 0.3 is 0 Å². The number of hydrogen-bond donors (Lipinski definition) is 2. The van der Waals surface area contributed by atoms with E-state index in [0.29, 0.717) is 26.3 Å². The number of rotatable bonds is 5. The molecule has 1 amide bonds. The van der Waals surface area contributed by atoms with Gasteiger partial charge in [0, 0.05) is 6.54 Å². The van der Waals surface area contributed by atoms with Gasteiger partial charge in [-0.2, -0.15) is 0 Å². The molecular weight excluding hydrogens is 256 g/mol. The lowest BCUT2D eigenvalue weighted by atomic mass is 10.1. The normalized spacial score (nSPS) is 22.3. The number of aryl methyl sites for hydroxylation is 1. The zero-order valence-electron chi connectivity index (χ0n) is 12.0. The van der Waals surface area contributed by atoms with Crippen LogP contribution in [0.15, 0.2) is 24.3 Å². The first-order chi connectivity index (χ1) is 9.66. The predicted molar refractivity (Wildman–Crippen MR) is 76.9 cm³/mol. The summed E-state index contributed by atoms with van der Waals surface area (Å²) in [6.45, 7) is 6.23. The summed E-state index contributed by atoms with van der Waals surface area (Å²) in [5.41, 5.74) is 1.16. The molecule has 0 saturated carbocycles. The van der Waals surface area contributed by atoms with E-state index in [2.05, 4.69) is 10.6 Å². The second-order valence-corrected chi connectivity index (χ2v) is 4.96. The fraction of sp³-hybridized carbons (Fsp3) is 0.533. The van der Waals surface area contributed by atoms with Crippen LogP contribution in [0.1, 0.15) is 12.5 Å². The minimum Gasteiger partial charge on any atom is -0.492 e. The number of carbonyl (C=O) groups excluding carboxylic acids is 1. The van der Waals surface area contributed by atoms with Crippen molar-refractivity contribution in [3.05, 3.63) is 29.8 Å². The van der Waals surface area contributed by atoms with Crippen LogP contribution in [-0.4, -0.2) is 44.4 Å². The Morgan fingerprint density at radius 3 is 3.15 bits per heavy atom. The maximum absolute atomic E-state index is 12.0. The number of nitrogens with one attached hydrogen (secondary N) is 2. The summed E-state index contributed by atoms with van der Waals surface area (Å²) in [5, 5.41) is 6.02. The van der Waals surface area contributed by atoms with Gasteiger partial charge in [0.25, 0.3) is 0 Å². The Balaban J connectivity index is 1.69. The molecule has 0 bridgehead atoms. The fourth-order valence-corrected chi connectivity index (χ4v) is 2.19. The van der Waals surface area contributed by atoms with E-state index in [0.717, 1.165) is 11.3 Å². The molecule has 1 aliphatic rings. The van der Waals surface area contributed by atoms with Crippen molar-refractivity contribution in [3.8, 4) is 5.75 Å². The Bertz CT molecular complexity index is 450. The Morgan fingerprint density at radius 2 is 2.40 bits per heavy atom. The monoisotopic (exact) mass is 278 g/mol. The maximum Gasteiger partial charge on any atom is 0.239 e. The minimum absolute atomic E-state index is 0.0370. The van der Waals surface area contributed by atoms with E-state index in [9.17, 15) is 4.79 Å². The SMILES string of the molecule is Cc1cccc(OCCNC(=O)[C@H]2NCCO[C@@H]2C)c1. The quantitative estimate of drug-likeness (QED) is 0.785. The van der Waals surface area contributed by atoms with Gasteiger partial charge in [-0.05, 0) is 31.5 Å². The molecule has 0 unspecified atom stereocenters. The van der Waals surface area contributed by atoms with Crippen molar-refractivity contribution in [3.63, 3.8) is 0 Å². The third-order valence-corrected chi connectivity index (χ3v) is 3.26. The minimum atomic E-state index is -0.275. The van der Waals surface area contributed by atoms with Crippen LogP contribution in [0.2, 0.25) is 0 Å². The summed E-state index contributed by atoms with van der Waals surface area (Å²) in [6, 6.07) is 7.58. The molecule has 20 heavy (non-hydrogen) atoms. The predicted octanol–water partition coefficient (Wildman–Crippen LogP) is 0.867. The van der Waals surface area contributed by atoms with Crippen molar-refractivity contribution < 1.29 is 14.3 Å². The molecular formula is C15H22N2O3. The van der Waals surface area contributed by atoms with E-state index in [1.807, 2.05) is 38.1 Å². The van der Waals surface area contributed by atoms with Crippen molar-refractivity contribution in [2.24, 2.45) is 0 Å². The van der Waals surface area contributed by atoms with Gasteiger partial charge in [-0.15, -0.1) is 0 Å². The number of hydrogen-bond acceptors (Lipinski definition) is 4. The number of morpholine rings is 1. The first-order valence-electron chi connectivity index (χ1n) is 6.99. The molecule has 2 rings (SSSR count). The maximum atomic E-state index is 12.0. The van der Waals surface area contributed by atoms with E-state index in [1.165, 1.54) is 0 Å². The number of benzene rings is 1. The molecule has 0 spiro atoms. The van der Waals surface area contributed by atoms with Crippen LogP contribution in [-0.2, 0) is 9.53 Å². The molecule has 1 fully saturated rings. The second kappa shape index (κ2) is 7.26. The molecule has 1 aromatic carbocycles. The van der Waals surface area contributed by atoms with Crippen molar-refractivity contribution >= 4 is 5.91 Å². The van der Waals surface area contributed by atoms with Crippen molar-refractivity contribution in [2.45, 2.75) is 26.0 Å². The molecule has 0 aliphatic carbocycles. The van der Waals surface area contributed by atoms with Crippen molar-refractivity contribution in [1.29, 1.82) is 0 Å². The van der Waals surface area contributed by atoms with E-state index in [1.54, 1.807) is 0 Å². The zero-order chi connectivity index (χ0) is 14.4. The van der Waals surface area contributed by atoms with E-state index < -0.39 is 0 Å². The smallest absolute Gasteiger partial charge is 0.239 e. The van der Waals surface area contributed by atoms with Gasteiger partial charge in [0.2, 0.25) is 5.91 Å². The first kappa shape index (κ1) is 14.8. The van der Waals surface area contributed by atoms with Gasteiger partial charge in [0.1, 0.15) is 18.4 Å². The molecule has 5 nitrogen and oxygen atoms in total. The van der Waals surface area contributed by atoms with Crippen LogP contribution in [0.25, 0.3) is 0 Å². The summed E-state index contributed by atoms with van der Waals surface area (Å²) in [4.78, 5) is 12.0.